The topological polar surface area (TPSA) is 101 Å². The summed E-state index contributed by atoms with van der Waals surface area (Å²) in [6.07, 6.45) is 1.97. The first-order valence-electron chi connectivity index (χ1n) is 5.63. The lowest BCUT2D eigenvalue weighted by Crippen LogP contribution is -1.98. The Kier molecular flexibility index (Phi) is 7.60. The zero-order valence-electron chi connectivity index (χ0n) is 10.7. The molecule has 0 bridgehead atoms. The molecule has 0 spiro atoms. The first kappa shape index (κ1) is 16.6. The molecule has 0 fully saturated rings. The van der Waals surface area contributed by atoms with Gasteiger partial charge in [-0.25, -0.2) is 4.79 Å². The van der Waals surface area contributed by atoms with Crippen LogP contribution in [0.3, 0.4) is 0 Å². The number of allylic oxidation sites excluding steroid dienone is 1. The van der Waals surface area contributed by atoms with Crippen molar-refractivity contribution in [3.63, 3.8) is 0 Å². The van der Waals surface area contributed by atoms with E-state index in [2.05, 4.69) is 13.5 Å². The summed E-state index contributed by atoms with van der Waals surface area (Å²) in [6.45, 7) is 5.83. The zero-order valence-corrected chi connectivity index (χ0v) is 10.7. The number of carboxylic acid groups (broad SMARTS) is 2. The van der Waals surface area contributed by atoms with Crippen molar-refractivity contribution in [3.8, 4) is 0 Å². The van der Waals surface area contributed by atoms with E-state index in [0.717, 1.165) is 18.4 Å². The highest BCUT2D eigenvalue weighted by Crippen LogP contribution is 2.16. The predicted octanol–water partition coefficient (Wildman–Crippen LogP) is 3.57. The summed E-state index contributed by atoms with van der Waals surface area (Å²) in [5.41, 5.74) is 1.28. The monoisotopic (exact) mass is 267 g/mol. The number of nitrogens with zero attached hydrogens (tertiary/aromatic N) is 1. The van der Waals surface area contributed by atoms with E-state index in [9.17, 15) is 10.1 Å². The van der Waals surface area contributed by atoms with Crippen molar-refractivity contribution in [2.45, 2.75) is 19.8 Å². The van der Waals surface area contributed by atoms with Crippen molar-refractivity contribution >= 4 is 11.8 Å². The van der Waals surface area contributed by atoms with Gasteiger partial charge < -0.3 is 10.2 Å². The SMILES string of the molecule is C=CCC(C)Cc1ccc([N+](=O)[O-])cc1.O=C(O)O. The Balaban J connectivity index is 0.000000711. The maximum Gasteiger partial charge on any atom is 0.503 e. The van der Waals surface area contributed by atoms with Crippen molar-refractivity contribution in [2.75, 3.05) is 0 Å². The summed E-state index contributed by atoms with van der Waals surface area (Å²) in [5, 5.41) is 24.4. The third-order valence-electron chi connectivity index (χ3n) is 2.30. The van der Waals surface area contributed by atoms with Crippen LogP contribution in [-0.2, 0) is 6.42 Å². The van der Waals surface area contributed by atoms with Crippen LogP contribution in [0, 0.1) is 16.0 Å². The van der Waals surface area contributed by atoms with Gasteiger partial charge in [-0.2, -0.15) is 0 Å². The molecule has 1 unspecified atom stereocenters. The molecule has 6 heteroatoms. The first-order chi connectivity index (χ1) is 8.86. The Morgan fingerprint density at radius 2 is 1.89 bits per heavy atom. The zero-order chi connectivity index (χ0) is 14.8. The van der Waals surface area contributed by atoms with E-state index in [1.54, 1.807) is 12.1 Å². The van der Waals surface area contributed by atoms with Crippen LogP contribution in [0.1, 0.15) is 18.9 Å². The van der Waals surface area contributed by atoms with Gasteiger partial charge in [0.25, 0.3) is 5.69 Å². The number of benzene rings is 1. The highest BCUT2D eigenvalue weighted by molar-refractivity contribution is 5.53. The molecule has 0 aliphatic rings. The Morgan fingerprint density at radius 1 is 1.42 bits per heavy atom. The van der Waals surface area contributed by atoms with Gasteiger partial charge in [-0.3, -0.25) is 10.1 Å². The minimum absolute atomic E-state index is 0.148. The Morgan fingerprint density at radius 3 is 2.26 bits per heavy atom. The lowest BCUT2D eigenvalue weighted by atomic mass is 9.98. The van der Waals surface area contributed by atoms with Gasteiger partial charge in [0.1, 0.15) is 0 Å². The van der Waals surface area contributed by atoms with Crippen LogP contribution in [0.2, 0.25) is 0 Å². The molecule has 0 saturated carbocycles. The average Bonchev–Trinajstić information content (AvgIpc) is 2.29. The molecule has 0 aromatic heterocycles. The van der Waals surface area contributed by atoms with Crippen molar-refractivity contribution in [1.29, 1.82) is 0 Å². The van der Waals surface area contributed by atoms with Crippen LogP contribution in [0.15, 0.2) is 36.9 Å². The molecule has 1 atom stereocenters. The predicted molar refractivity (Wildman–Crippen MR) is 71.4 cm³/mol. The number of rotatable bonds is 5. The van der Waals surface area contributed by atoms with Gasteiger partial charge in [-0.1, -0.05) is 25.1 Å². The highest BCUT2D eigenvalue weighted by atomic mass is 16.6. The van der Waals surface area contributed by atoms with E-state index in [1.807, 2.05) is 18.2 Å². The van der Waals surface area contributed by atoms with Crippen LogP contribution < -0.4 is 0 Å². The van der Waals surface area contributed by atoms with E-state index >= 15 is 0 Å². The van der Waals surface area contributed by atoms with E-state index in [1.165, 1.54) is 0 Å². The van der Waals surface area contributed by atoms with Crippen molar-refractivity contribution in [3.05, 3.63) is 52.6 Å². The van der Waals surface area contributed by atoms with E-state index < -0.39 is 6.16 Å². The van der Waals surface area contributed by atoms with Crippen LogP contribution in [0.25, 0.3) is 0 Å². The minimum Gasteiger partial charge on any atom is -0.450 e. The smallest absolute Gasteiger partial charge is 0.450 e. The molecule has 0 aliphatic carbocycles. The van der Waals surface area contributed by atoms with Gasteiger partial charge in [0.15, 0.2) is 0 Å². The summed E-state index contributed by atoms with van der Waals surface area (Å²) in [6, 6.07) is 6.74. The summed E-state index contributed by atoms with van der Waals surface area (Å²) in [5.74, 6) is 0.531. The summed E-state index contributed by atoms with van der Waals surface area (Å²) in [4.78, 5) is 18.6. The molecule has 1 aromatic carbocycles. The molecule has 0 radical (unpaired) electrons. The average molecular weight is 267 g/mol. The van der Waals surface area contributed by atoms with Crippen LogP contribution in [-0.4, -0.2) is 21.3 Å². The number of nitro benzene ring substituents is 1. The molecule has 6 nitrogen and oxygen atoms in total. The number of nitro groups is 1. The second-order valence-electron chi connectivity index (χ2n) is 4.04. The van der Waals surface area contributed by atoms with Gasteiger partial charge in [0.2, 0.25) is 0 Å². The van der Waals surface area contributed by atoms with Crippen LogP contribution >= 0.6 is 0 Å². The molecule has 0 heterocycles. The number of hydrogen-bond acceptors (Lipinski definition) is 3. The molecule has 0 amide bonds. The fourth-order valence-electron chi connectivity index (χ4n) is 1.52. The Bertz CT molecular complexity index is 423. The summed E-state index contributed by atoms with van der Waals surface area (Å²) in [7, 11) is 0. The normalized spacial score (nSPS) is 10.8. The number of hydrogen-bond donors (Lipinski definition) is 2. The fourth-order valence-corrected chi connectivity index (χ4v) is 1.52. The van der Waals surface area contributed by atoms with Gasteiger partial charge >= 0.3 is 6.16 Å². The molecule has 2 N–H and O–H groups in total. The largest absolute Gasteiger partial charge is 0.503 e. The van der Waals surface area contributed by atoms with Gasteiger partial charge in [0, 0.05) is 12.1 Å². The maximum absolute atomic E-state index is 10.4. The van der Waals surface area contributed by atoms with E-state index in [0.29, 0.717) is 5.92 Å². The standard InChI is InChI=1S/C12H15NO2.CH2O3/c1-3-4-10(2)9-11-5-7-12(8-6-11)13(14)15;2-1(3)4/h3,5-8,10H,1,4,9H2,2H3;(H2,2,3,4). The summed E-state index contributed by atoms with van der Waals surface area (Å²) >= 11 is 0. The Labute approximate surface area is 111 Å². The van der Waals surface area contributed by atoms with Crippen molar-refractivity contribution in [1.82, 2.24) is 0 Å². The lowest BCUT2D eigenvalue weighted by Gasteiger charge is -2.07. The molecule has 19 heavy (non-hydrogen) atoms. The highest BCUT2D eigenvalue weighted by Gasteiger charge is 2.06. The third kappa shape index (κ3) is 8.37. The van der Waals surface area contributed by atoms with E-state index in [-0.39, 0.29) is 10.6 Å². The molecule has 1 aromatic rings. The van der Waals surface area contributed by atoms with Crippen LogP contribution in [0.4, 0.5) is 10.5 Å². The second-order valence-corrected chi connectivity index (χ2v) is 4.04. The van der Waals surface area contributed by atoms with E-state index in [4.69, 9.17) is 15.0 Å². The van der Waals surface area contributed by atoms with Crippen molar-refractivity contribution in [2.24, 2.45) is 5.92 Å². The fraction of sp³-hybridized carbons (Fsp3) is 0.308. The number of non-ortho nitro benzene ring substituents is 1. The molecule has 104 valence electrons. The Hall–Kier alpha value is -2.37. The maximum atomic E-state index is 10.4. The van der Waals surface area contributed by atoms with Crippen molar-refractivity contribution < 1.29 is 19.9 Å². The molecule has 0 saturated heterocycles. The number of carbonyl (C=O) groups is 1. The lowest BCUT2D eigenvalue weighted by molar-refractivity contribution is -0.384. The first-order valence-corrected chi connectivity index (χ1v) is 5.63. The summed E-state index contributed by atoms with van der Waals surface area (Å²) < 4.78 is 0. The molecular weight excluding hydrogens is 250 g/mol. The van der Waals surface area contributed by atoms with Gasteiger partial charge in [0.05, 0.1) is 4.92 Å². The molecular formula is C13H17NO5. The molecule has 0 aliphatic heterocycles. The second kappa shape index (κ2) is 8.68. The molecule has 1 rings (SSSR count). The van der Waals surface area contributed by atoms with Gasteiger partial charge in [-0.05, 0) is 24.3 Å². The van der Waals surface area contributed by atoms with Crippen LogP contribution in [0.5, 0.6) is 0 Å². The van der Waals surface area contributed by atoms with Gasteiger partial charge in [-0.15, -0.1) is 6.58 Å². The third-order valence-corrected chi connectivity index (χ3v) is 2.30. The quantitative estimate of drug-likeness (QED) is 0.482. The minimum atomic E-state index is -1.83.